The summed E-state index contributed by atoms with van der Waals surface area (Å²) in [5, 5.41) is 21.9. The van der Waals surface area contributed by atoms with E-state index in [-0.39, 0.29) is 11.7 Å². The van der Waals surface area contributed by atoms with Crippen LogP contribution in [0.1, 0.15) is 118 Å². The highest BCUT2D eigenvalue weighted by Gasteiger charge is 2.61. The molecule has 4 saturated carbocycles. The molecule has 4 aliphatic carbocycles. The van der Waals surface area contributed by atoms with E-state index >= 15 is 0 Å². The molecule has 0 aromatic heterocycles. The smallest absolute Gasteiger partial charge is 0.0648 e. The standard InChI is InChI=1S/C31H54O3/c1-5-31(33)17-16-29(3)23(20-31)7-8-24-26-10-9-25(30(26,4)15-12-27(24)29)21(2)6-11-28(32)22-13-18-34-19-14-22/h21-28,32-33H,5-20H2,1-4H3/t21-,23+,24+,25-,26+,27+,28+,29+,30-,31+/m1/s1. The summed E-state index contributed by atoms with van der Waals surface area (Å²) in [6.45, 7) is 11.6. The number of fused-ring (bicyclic) bond motifs is 5. The Labute approximate surface area is 209 Å². The van der Waals surface area contributed by atoms with Crippen LogP contribution in [0.25, 0.3) is 0 Å². The van der Waals surface area contributed by atoms with Crippen LogP contribution in [0.5, 0.6) is 0 Å². The lowest BCUT2D eigenvalue weighted by molar-refractivity contribution is -0.152. The summed E-state index contributed by atoms with van der Waals surface area (Å²) in [5.41, 5.74) is 0.582. The van der Waals surface area contributed by atoms with Gasteiger partial charge in [0.15, 0.2) is 0 Å². The minimum Gasteiger partial charge on any atom is -0.393 e. The van der Waals surface area contributed by atoms with Gasteiger partial charge in [-0.15, -0.1) is 0 Å². The van der Waals surface area contributed by atoms with Crippen molar-refractivity contribution in [3.05, 3.63) is 0 Å². The predicted molar refractivity (Wildman–Crippen MR) is 138 cm³/mol. The Morgan fingerprint density at radius 3 is 2.32 bits per heavy atom. The van der Waals surface area contributed by atoms with Gasteiger partial charge in [0.25, 0.3) is 0 Å². The summed E-state index contributed by atoms with van der Waals surface area (Å²) in [4.78, 5) is 0. The molecule has 5 aliphatic rings. The summed E-state index contributed by atoms with van der Waals surface area (Å²) in [5.74, 6) is 5.46. The van der Waals surface area contributed by atoms with E-state index in [9.17, 15) is 10.2 Å². The Morgan fingerprint density at radius 1 is 0.853 bits per heavy atom. The van der Waals surface area contributed by atoms with Crippen molar-refractivity contribution < 1.29 is 14.9 Å². The van der Waals surface area contributed by atoms with E-state index in [4.69, 9.17) is 4.74 Å². The van der Waals surface area contributed by atoms with Gasteiger partial charge in [0.1, 0.15) is 0 Å². The molecule has 3 heteroatoms. The van der Waals surface area contributed by atoms with Crippen LogP contribution in [0, 0.1) is 52.3 Å². The van der Waals surface area contributed by atoms with Crippen molar-refractivity contribution in [3.8, 4) is 0 Å². The molecule has 0 spiro atoms. The lowest BCUT2D eigenvalue weighted by atomic mass is 9.43. The topological polar surface area (TPSA) is 49.7 Å². The van der Waals surface area contributed by atoms with Crippen LogP contribution in [0.15, 0.2) is 0 Å². The van der Waals surface area contributed by atoms with Crippen molar-refractivity contribution in [3.63, 3.8) is 0 Å². The number of hydrogen-bond donors (Lipinski definition) is 2. The summed E-state index contributed by atoms with van der Waals surface area (Å²) in [6, 6.07) is 0. The molecule has 2 N–H and O–H groups in total. The third kappa shape index (κ3) is 4.32. The molecule has 0 unspecified atom stereocenters. The van der Waals surface area contributed by atoms with Gasteiger partial charge in [-0.25, -0.2) is 0 Å². The number of hydrogen-bond acceptors (Lipinski definition) is 3. The molecule has 10 atom stereocenters. The average molecular weight is 475 g/mol. The first kappa shape index (κ1) is 25.5. The second kappa shape index (κ2) is 9.64. The fourth-order valence-electron chi connectivity index (χ4n) is 10.6. The van der Waals surface area contributed by atoms with Gasteiger partial charge in [-0.3, -0.25) is 0 Å². The quantitative estimate of drug-likeness (QED) is 0.436. The van der Waals surface area contributed by atoms with E-state index in [0.717, 1.165) is 87.2 Å². The lowest BCUT2D eigenvalue weighted by Crippen LogP contribution is -2.56. The molecular formula is C31H54O3. The monoisotopic (exact) mass is 474 g/mol. The summed E-state index contributed by atoms with van der Waals surface area (Å²) >= 11 is 0. The van der Waals surface area contributed by atoms with E-state index in [1.165, 1.54) is 51.4 Å². The molecule has 1 saturated heterocycles. The summed E-state index contributed by atoms with van der Waals surface area (Å²) in [6.07, 6.45) is 16.8. The first-order valence-corrected chi connectivity index (χ1v) is 15.2. The van der Waals surface area contributed by atoms with Crippen LogP contribution in [0.4, 0.5) is 0 Å². The Kier molecular flexibility index (Phi) is 7.24. The van der Waals surface area contributed by atoms with Crippen molar-refractivity contribution >= 4 is 0 Å². The van der Waals surface area contributed by atoms with Crippen LogP contribution in [-0.2, 0) is 4.74 Å². The fourth-order valence-corrected chi connectivity index (χ4v) is 10.6. The third-order valence-electron chi connectivity index (χ3n) is 13.0. The van der Waals surface area contributed by atoms with Crippen molar-refractivity contribution in [2.75, 3.05) is 13.2 Å². The zero-order valence-corrected chi connectivity index (χ0v) is 22.7. The minimum absolute atomic E-state index is 0.129. The SMILES string of the molecule is CC[C@]1(O)CC[C@@]2(C)[C@@H](CC[C@@H]3[C@@H]2CC[C@]2(C)[C@@H]([C@H](C)CC[C@H](O)C4CCOCC4)CC[C@@H]32)C1. The lowest BCUT2D eigenvalue weighted by Gasteiger charge is -2.62. The molecule has 0 aromatic rings. The van der Waals surface area contributed by atoms with Gasteiger partial charge >= 0.3 is 0 Å². The zero-order chi connectivity index (χ0) is 24.1. The van der Waals surface area contributed by atoms with Crippen molar-refractivity contribution in [2.24, 2.45) is 52.3 Å². The molecule has 34 heavy (non-hydrogen) atoms. The van der Waals surface area contributed by atoms with Crippen LogP contribution in [-0.4, -0.2) is 35.1 Å². The number of aliphatic hydroxyl groups excluding tert-OH is 1. The van der Waals surface area contributed by atoms with E-state index in [1.807, 2.05) is 0 Å². The zero-order valence-electron chi connectivity index (χ0n) is 22.7. The molecular weight excluding hydrogens is 420 g/mol. The van der Waals surface area contributed by atoms with E-state index in [0.29, 0.717) is 16.7 Å². The molecule has 1 heterocycles. The highest BCUT2D eigenvalue weighted by Crippen LogP contribution is 2.69. The van der Waals surface area contributed by atoms with Gasteiger partial charge < -0.3 is 14.9 Å². The molecule has 0 aromatic carbocycles. The van der Waals surface area contributed by atoms with Crippen molar-refractivity contribution in [1.29, 1.82) is 0 Å². The number of ether oxygens (including phenoxy) is 1. The van der Waals surface area contributed by atoms with Gasteiger partial charge in [0.05, 0.1) is 11.7 Å². The van der Waals surface area contributed by atoms with Gasteiger partial charge in [0, 0.05) is 13.2 Å². The van der Waals surface area contributed by atoms with Gasteiger partial charge in [-0.05, 0) is 142 Å². The maximum Gasteiger partial charge on any atom is 0.0648 e. The first-order valence-electron chi connectivity index (χ1n) is 15.2. The van der Waals surface area contributed by atoms with E-state index < -0.39 is 0 Å². The Morgan fingerprint density at radius 2 is 1.59 bits per heavy atom. The third-order valence-corrected chi connectivity index (χ3v) is 13.0. The van der Waals surface area contributed by atoms with Gasteiger partial charge in [-0.1, -0.05) is 27.7 Å². The minimum atomic E-state index is -0.386. The van der Waals surface area contributed by atoms with Crippen LogP contribution >= 0.6 is 0 Å². The molecule has 0 amide bonds. The van der Waals surface area contributed by atoms with Gasteiger partial charge in [0.2, 0.25) is 0 Å². The average Bonchev–Trinajstić information content (AvgIpc) is 3.20. The fraction of sp³-hybridized carbons (Fsp3) is 1.00. The second-order valence-electron chi connectivity index (χ2n) is 14.2. The molecule has 1 aliphatic heterocycles. The van der Waals surface area contributed by atoms with Crippen LogP contribution in [0.2, 0.25) is 0 Å². The van der Waals surface area contributed by atoms with Crippen molar-refractivity contribution in [2.45, 2.75) is 129 Å². The normalized spacial score (nSPS) is 49.1. The summed E-state index contributed by atoms with van der Waals surface area (Å²) < 4.78 is 5.50. The Balaban J connectivity index is 1.23. The van der Waals surface area contributed by atoms with Crippen LogP contribution < -0.4 is 0 Å². The highest BCUT2D eigenvalue weighted by atomic mass is 16.5. The molecule has 5 rings (SSSR count). The highest BCUT2D eigenvalue weighted by molar-refractivity contribution is 5.10. The Bertz CT molecular complexity index is 703. The van der Waals surface area contributed by atoms with Gasteiger partial charge in [-0.2, -0.15) is 0 Å². The maximum absolute atomic E-state index is 11.1. The van der Waals surface area contributed by atoms with Crippen LogP contribution in [0.3, 0.4) is 0 Å². The van der Waals surface area contributed by atoms with E-state index in [2.05, 4.69) is 27.7 Å². The molecule has 5 fully saturated rings. The Hall–Kier alpha value is -0.120. The number of rotatable bonds is 6. The number of aliphatic hydroxyl groups is 2. The van der Waals surface area contributed by atoms with Crippen molar-refractivity contribution in [1.82, 2.24) is 0 Å². The summed E-state index contributed by atoms with van der Waals surface area (Å²) in [7, 11) is 0. The molecule has 3 nitrogen and oxygen atoms in total. The molecule has 196 valence electrons. The predicted octanol–water partition coefficient (Wildman–Crippen LogP) is 6.99. The first-order chi connectivity index (χ1) is 16.2. The molecule has 0 bridgehead atoms. The largest absolute Gasteiger partial charge is 0.393 e. The molecule has 0 radical (unpaired) electrons. The second-order valence-corrected chi connectivity index (χ2v) is 14.2. The van der Waals surface area contributed by atoms with E-state index in [1.54, 1.807) is 0 Å². The maximum atomic E-state index is 11.1.